The number of hydrogen-bond donors (Lipinski definition) is 1. The number of para-hydroxylation sites is 1. The van der Waals surface area contributed by atoms with Crippen LogP contribution in [-0.2, 0) is 4.79 Å². The molecule has 0 spiro atoms. The second-order valence-corrected chi connectivity index (χ2v) is 3.45. The molecule has 1 saturated heterocycles. The Morgan fingerprint density at radius 3 is 2.67 bits per heavy atom. The highest BCUT2D eigenvalue weighted by atomic mass is 16.3. The van der Waals surface area contributed by atoms with Crippen LogP contribution >= 0.6 is 0 Å². The first-order chi connectivity index (χ1) is 7.33. The minimum Gasteiger partial charge on any atom is -0.394 e. The summed E-state index contributed by atoms with van der Waals surface area (Å²) >= 11 is 0. The Morgan fingerprint density at radius 2 is 2.00 bits per heavy atom. The van der Waals surface area contributed by atoms with Crippen molar-refractivity contribution in [2.75, 3.05) is 24.7 Å². The van der Waals surface area contributed by atoms with Gasteiger partial charge in [0.15, 0.2) is 0 Å². The summed E-state index contributed by atoms with van der Waals surface area (Å²) in [5.74, 6) is 0.0768. The van der Waals surface area contributed by atoms with E-state index >= 15 is 0 Å². The molecule has 0 bridgehead atoms. The van der Waals surface area contributed by atoms with Crippen LogP contribution in [0.15, 0.2) is 30.3 Å². The lowest BCUT2D eigenvalue weighted by Crippen LogP contribution is -2.40. The molecular formula is C11H14N2O2. The average molecular weight is 206 g/mol. The molecule has 1 fully saturated rings. The zero-order valence-electron chi connectivity index (χ0n) is 8.47. The number of amides is 1. The summed E-state index contributed by atoms with van der Waals surface area (Å²) in [6.07, 6.45) is 0.523. The standard InChI is InChI=1S/C11H14N2O2/c14-9-8-13-11(15)6-7-12(13)10-4-2-1-3-5-10/h1-5,14H,6-9H2. The molecule has 2 rings (SSSR count). The van der Waals surface area contributed by atoms with Crippen LogP contribution in [-0.4, -0.2) is 35.7 Å². The van der Waals surface area contributed by atoms with Crippen LogP contribution in [0.5, 0.6) is 0 Å². The van der Waals surface area contributed by atoms with Gasteiger partial charge in [0.05, 0.1) is 18.8 Å². The van der Waals surface area contributed by atoms with Crippen LogP contribution in [0.1, 0.15) is 6.42 Å². The van der Waals surface area contributed by atoms with E-state index in [1.54, 1.807) is 5.01 Å². The third kappa shape index (κ3) is 1.94. The minimum atomic E-state index is -0.00489. The molecule has 15 heavy (non-hydrogen) atoms. The van der Waals surface area contributed by atoms with Gasteiger partial charge >= 0.3 is 0 Å². The van der Waals surface area contributed by atoms with Gasteiger partial charge in [0.25, 0.3) is 0 Å². The third-order valence-corrected chi connectivity index (χ3v) is 2.48. The first-order valence-corrected chi connectivity index (χ1v) is 5.06. The molecule has 80 valence electrons. The van der Waals surface area contributed by atoms with Gasteiger partial charge in [-0.3, -0.25) is 14.8 Å². The third-order valence-electron chi connectivity index (χ3n) is 2.48. The van der Waals surface area contributed by atoms with Crippen molar-refractivity contribution in [3.63, 3.8) is 0 Å². The normalized spacial score (nSPS) is 16.2. The van der Waals surface area contributed by atoms with E-state index in [4.69, 9.17) is 5.11 Å². The van der Waals surface area contributed by atoms with Crippen molar-refractivity contribution in [2.24, 2.45) is 0 Å². The Hall–Kier alpha value is -1.55. The number of aliphatic hydroxyl groups excluding tert-OH is 1. The van der Waals surface area contributed by atoms with Gasteiger partial charge in [0.1, 0.15) is 0 Å². The zero-order valence-corrected chi connectivity index (χ0v) is 8.47. The van der Waals surface area contributed by atoms with E-state index in [-0.39, 0.29) is 12.5 Å². The molecule has 1 N–H and O–H groups in total. The summed E-state index contributed by atoms with van der Waals surface area (Å²) in [5.41, 5.74) is 0.997. The fraction of sp³-hybridized carbons (Fsp3) is 0.364. The minimum absolute atomic E-state index is 0.00489. The van der Waals surface area contributed by atoms with Crippen LogP contribution in [0.2, 0.25) is 0 Å². The smallest absolute Gasteiger partial charge is 0.243 e. The highest BCUT2D eigenvalue weighted by Crippen LogP contribution is 2.21. The Balaban J connectivity index is 2.18. The van der Waals surface area contributed by atoms with Gasteiger partial charge < -0.3 is 5.11 Å². The molecule has 4 heteroatoms. The molecule has 4 nitrogen and oxygen atoms in total. The van der Waals surface area contributed by atoms with Gasteiger partial charge in [-0.15, -0.1) is 0 Å². The van der Waals surface area contributed by atoms with Gasteiger partial charge in [0, 0.05) is 13.0 Å². The molecular weight excluding hydrogens is 192 g/mol. The summed E-state index contributed by atoms with van der Waals surface area (Å²) in [7, 11) is 0. The summed E-state index contributed by atoms with van der Waals surface area (Å²) < 4.78 is 0. The second-order valence-electron chi connectivity index (χ2n) is 3.45. The number of anilines is 1. The van der Waals surface area contributed by atoms with Gasteiger partial charge in [-0.05, 0) is 12.1 Å². The van der Waals surface area contributed by atoms with Gasteiger partial charge in [-0.25, -0.2) is 0 Å². The molecule has 1 aromatic carbocycles. The zero-order chi connectivity index (χ0) is 10.7. The van der Waals surface area contributed by atoms with Crippen LogP contribution < -0.4 is 5.01 Å². The molecule has 0 radical (unpaired) electrons. The molecule has 1 heterocycles. The topological polar surface area (TPSA) is 43.8 Å². The number of rotatable bonds is 3. The number of nitrogens with zero attached hydrogens (tertiary/aromatic N) is 2. The molecule has 0 atom stereocenters. The first kappa shape index (κ1) is 9.98. The van der Waals surface area contributed by atoms with Gasteiger partial charge in [0.2, 0.25) is 5.91 Å². The van der Waals surface area contributed by atoms with Crippen molar-refractivity contribution in [1.82, 2.24) is 5.01 Å². The van der Waals surface area contributed by atoms with Gasteiger partial charge in [-0.1, -0.05) is 18.2 Å². The van der Waals surface area contributed by atoms with E-state index in [1.165, 1.54) is 0 Å². The van der Waals surface area contributed by atoms with Crippen molar-refractivity contribution in [3.05, 3.63) is 30.3 Å². The maximum Gasteiger partial charge on any atom is 0.243 e. The predicted octanol–water partition coefficient (Wildman–Crippen LogP) is 0.633. The van der Waals surface area contributed by atoms with Crippen molar-refractivity contribution >= 4 is 11.6 Å². The van der Waals surface area contributed by atoms with E-state index in [0.717, 1.165) is 5.69 Å². The van der Waals surface area contributed by atoms with Crippen molar-refractivity contribution in [2.45, 2.75) is 6.42 Å². The van der Waals surface area contributed by atoms with E-state index in [0.29, 0.717) is 19.5 Å². The van der Waals surface area contributed by atoms with Crippen LogP contribution in [0.4, 0.5) is 5.69 Å². The highest BCUT2D eigenvalue weighted by molar-refractivity contribution is 5.81. The maximum absolute atomic E-state index is 11.5. The van der Waals surface area contributed by atoms with Crippen LogP contribution in [0, 0.1) is 0 Å². The number of hydrogen-bond acceptors (Lipinski definition) is 3. The summed E-state index contributed by atoms with van der Waals surface area (Å²) in [4.78, 5) is 11.5. The predicted molar refractivity (Wildman–Crippen MR) is 57.2 cm³/mol. The number of β-amino-alcohol motifs (C(OH)–C–C–N with tert-alkyl or cyclic N) is 1. The number of carbonyl (C=O) groups excluding carboxylic acids is 1. The second kappa shape index (κ2) is 4.31. The lowest BCUT2D eigenvalue weighted by atomic mass is 10.3. The molecule has 1 aliphatic rings. The van der Waals surface area contributed by atoms with Crippen molar-refractivity contribution in [3.8, 4) is 0 Å². The molecule has 0 aromatic heterocycles. The SMILES string of the molecule is O=C1CCN(c2ccccc2)N1CCO. The highest BCUT2D eigenvalue weighted by Gasteiger charge is 2.28. The number of benzene rings is 1. The summed E-state index contributed by atoms with van der Waals surface area (Å²) in [5, 5.41) is 12.4. The largest absolute Gasteiger partial charge is 0.394 e. The Labute approximate surface area is 88.7 Å². The number of aliphatic hydroxyl groups is 1. The average Bonchev–Trinajstić information content (AvgIpc) is 2.63. The Morgan fingerprint density at radius 1 is 1.27 bits per heavy atom. The van der Waals surface area contributed by atoms with E-state index in [2.05, 4.69) is 0 Å². The summed E-state index contributed by atoms with van der Waals surface area (Å²) in [6.45, 7) is 1.06. The first-order valence-electron chi connectivity index (χ1n) is 5.06. The molecule has 1 amide bonds. The lowest BCUT2D eigenvalue weighted by molar-refractivity contribution is -0.128. The quantitative estimate of drug-likeness (QED) is 0.789. The fourth-order valence-corrected chi connectivity index (χ4v) is 1.79. The molecule has 0 unspecified atom stereocenters. The Kier molecular flexibility index (Phi) is 2.87. The summed E-state index contributed by atoms with van der Waals surface area (Å²) in [6, 6.07) is 9.74. The van der Waals surface area contributed by atoms with Crippen molar-refractivity contribution < 1.29 is 9.90 Å². The Bertz CT molecular complexity index is 340. The van der Waals surface area contributed by atoms with Crippen LogP contribution in [0.3, 0.4) is 0 Å². The van der Waals surface area contributed by atoms with Gasteiger partial charge in [-0.2, -0.15) is 0 Å². The molecule has 1 aliphatic heterocycles. The molecule has 1 aromatic rings. The van der Waals surface area contributed by atoms with E-state index < -0.39 is 0 Å². The molecule has 0 aliphatic carbocycles. The van der Waals surface area contributed by atoms with E-state index in [9.17, 15) is 4.79 Å². The van der Waals surface area contributed by atoms with Crippen molar-refractivity contribution in [1.29, 1.82) is 0 Å². The number of carbonyl (C=O) groups is 1. The number of hydrazine groups is 1. The fourth-order valence-electron chi connectivity index (χ4n) is 1.79. The maximum atomic E-state index is 11.5. The molecule has 0 saturated carbocycles. The van der Waals surface area contributed by atoms with Crippen LogP contribution in [0.25, 0.3) is 0 Å². The lowest BCUT2D eigenvalue weighted by Gasteiger charge is -2.29. The monoisotopic (exact) mass is 206 g/mol. The van der Waals surface area contributed by atoms with E-state index in [1.807, 2.05) is 35.3 Å².